The molecular weight excluding hydrogens is 336 g/mol. The largest absolute Gasteiger partial charge is 0.465 e. The summed E-state index contributed by atoms with van der Waals surface area (Å²) in [5.74, 6) is -3.80. The van der Waals surface area contributed by atoms with Crippen LogP contribution in [0.3, 0.4) is 0 Å². The molecule has 6 nitrogen and oxygen atoms in total. The molecule has 0 saturated carbocycles. The molecule has 0 saturated heterocycles. The van der Waals surface area contributed by atoms with Crippen molar-refractivity contribution in [2.24, 2.45) is 0 Å². The Morgan fingerprint density at radius 2 is 0.885 bits per heavy atom. The average molecular weight is 352 g/mol. The Bertz CT molecular complexity index is 792. The van der Waals surface area contributed by atoms with E-state index in [1.807, 2.05) is 0 Å². The van der Waals surface area contributed by atoms with E-state index in [9.17, 15) is 19.2 Å². The highest BCUT2D eigenvalue weighted by atomic mass is 16.5. The third-order valence-electron chi connectivity index (χ3n) is 3.56. The zero-order valence-corrected chi connectivity index (χ0v) is 14.2. The number of methoxy groups -OCH3 is 2. The highest BCUT2D eigenvalue weighted by Gasteiger charge is 2.34. The maximum absolute atomic E-state index is 12.8. The minimum Gasteiger partial charge on any atom is -0.465 e. The first-order valence-electron chi connectivity index (χ1n) is 7.61. The van der Waals surface area contributed by atoms with Crippen molar-refractivity contribution in [1.82, 2.24) is 0 Å². The van der Waals surface area contributed by atoms with Gasteiger partial charge >= 0.3 is 11.9 Å². The van der Waals surface area contributed by atoms with Crippen LogP contribution >= 0.6 is 0 Å². The van der Waals surface area contributed by atoms with Gasteiger partial charge in [-0.05, 0) is 0 Å². The Hall–Kier alpha value is -3.54. The second-order valence-corrected chi connectivity index (χ2v) is 5.12. The normalized spacial score (nSPS) is 11.2. The van der Waals surface area contributed by atoms with Crippen molar-refractivity contribution in [2.45, 2.75) is 0 Å². The molecule has 0 N–H and O–H groups in total. The second kappa shape index (κ2) is 8.53. The summed E-state index contributed by atoms with van der Waals surface area (Å²) in [5, 5.41) is 0. The molecule has 0 aliphatic carbocycles. The van der Waals surface area contributed by atoms with E-state index >= 15 is 0 Å². The topological polar surface area (TPSA) is 86.7 Å². The third kappa shape index (κ3) is 3.92. The first-order valence-corrected chi connectivity index (χ1v) is 7.61. The van der Waals surface area contributed by atoms with Crippen molar-refractivity contribution in [3.05, 3.63) is 82.9 Å². The Morgan fingerprint density at radius 3 is 1.15 bits per heavy atom. The minimum absolute atomic E-state index is 0.134. The number of carbonyl (C=O) groups excluding carboxylic acids is 4. The van der Waals surface area contributed by atoms with Gasteiger partial charge in [-0.25, -0.2) is 9.59 Å². The van der Waals surface area contributed by atoms with Gasteiger partial charge in [0, 0.05) is 11.1 Å². The van der Waals surface area contributed by atoms with Crippen molar-refractivity contribution in [1.29, 1.82) is 0 Å². The highest BCUT2D eigenvalue weighted by molar-refractivity contribution is 6.36. The van der Waals surface area contributed by atoms with E-state index in [1.54, 1.807) is 36.4 Å². The van der Waals surface area contributed by atoms with E-state index < -0.39 is 34.7 Å². The van der Waals surface area contributed by atoms with Crippen molar-refractivity contribution >= 4 is 23.5 Å². The van der Waals surface area contributed by atoms with Gasteiger partial charge in [0.2, 0.25) is 11.6 Å². The van der Waals surface area contributed by atoms with E-state index in [2.05, 4.69) is 9.47 Å². The molecule has 0 aromatic heterocycles. The van der Waals surface area contributed by atoms with Crippen LogP contribution in [0.25, 0.3) is 0 Å². The molecule has 0 aliphatic rings. The predicted octanol–water partition coefficient (Wildman–Crippen LogP) is 2.39. The lowest BCUT2D eigenvalue weighted by atomic mass is 9.93. The van der Waals surface area contributed by atoms with E-state index in [-0.39, 0.29) is 11.1 Å². The first-order chi connectivity index (χ1) is 12.5. The van der Waals surface area contributed by atoms with E-state index in [4.69, 9.17) is 0 Å². The van der Waals surface area contributed by atoms with Crippen LogP contribution in [0.1, 0.15) is 20.7 Å². The SMILES string of the molecule is COC(=O)/C(C(=O)c1ccccc1)=C(/C(=O)OC)C(=O)c1ccccc1. The Kier molecular flexibility index (Phi) is 6.16. The molecule has 0 atom stereocenters. The molecule has 26 heavy (non-hydrogen) atoms. The smallest absolute Gasteiger partial charge is 0.342 e. The van der Waals surface area contributed by atoms with Crippen LogP contribution in [0.15, 0.2) is 71.8 Å². The molecule has 0 spiro atoms. The van der Waals surface area contributed by atoms with Gasteiger partial charge in [0.05, 0.1) is 14.2 Å². The minimum atomic E-state index is -1.09. The monoisotopic (exact) mass is 352 g/mol. The molecule has 0 heterocycles. The lowest BCUT2D eigenvalue weighted by Crippen LogP contribution is -2.26. The molecular formula is C20H16O6. The van der Waals surface area contributed by atoms with Crippen LogP contribution in [0.2, 0.25) is 0 Å². The lowest BCUT2D eigenvalue weighted by Gasteiger charge is -2.11. The number of benzene rings is 2. The summed E-state index contributed by atoms with van der Waals surface area (Å²) in [6.45, 7) is 0. The van der Waals surface area contributed by atoms with Crippen LogP contribution < -0.4 is 0 Å². The molecule has 132 valence electrons. The number of carbonyl (C=O) groups is 4. The number of hydrogen-bond donors (Lipinski definition) is 0. The number of ketones is 2. The van der Waals surface area contributed by atoms with Crippen LogP contribution in [0.5, 0.6) is 0 Å². The van der Waals surface area contributed by atoms with Crippen LogP contribution in [0, 0.1) is 0 Å². The summed E-state index contributed by atoms with van der Waals surface area (Å²) in [4.78, 5) is 50.2. The van der Waals surface area contributed by atoms with Gasteiger partial charge in [-0.2, -0.15) is 0 Å². The molecule has 2 rings (SSSR count). The average Bonchev–Trinajstić information content (AvgIpc) is 2.71. The summed E-state index contributed by atoms with van der Waals surface area (Å²) in [6.07, 6.45) is 0. The predicted molar refractivity (Wildman–Crippen MR) is 92.6 cm³/mol. The standard InChI is InChI=1S/C20H16O6/c1-25-19(23)15(17(21)13-9-5-3-6-10-13)16(20(24)26-2)18(22)14-11-7-4-8-12-14/h3-12H,1-2H3/b16-15+. The zero-order valence-electron chi connectivity index (χ0n) is 14.2. The summed E-state index contributed by atoms with van der Waals surface area (Å²) < 4.78 is 9.28. The zero-order chi connectivity index (χ0) is 19.1. The van der Waals surface area contributed by atoms with E-state index in [1.165, 1.54) is 24.3 Å². The van der Waals surface area contributed by atoms with Gasteiger partial charge in [-0.15, -0.1) is 0 Å². The lowest BCUT2D eigenvalue weighted by molar-refractivity contribution is -0.138. The fraction of sp³-hybridized carbons (Fsp3) is 0.100. The maximum Gasteiger partial charge on any atom is 0.342 e. The van der Waals surface area contributed by atoms with Crippen LogP contribution in [0.4, 0.5) is 0 Å². The van der Waals surface area contributed by atoms with Crippen molar-refractivity contribution < 1.29 is 28.7 Å². The number of Topliss-reactive ketones (excluding diaryl/α,β-unsaturated/α-hetero) is 2. The molecule has 0 unspecified atom stereocenters. The maximum atomic E-state index is 12.8. The van der Waals surface area contributed by atoms with Crippen molar-refractivity contribution in [3.63, 3.8) is 0 Å². The molecule has 6 heteroatoms. The molecule has 0 fully saturated rings. The Morgan fingerprint density at radius 1 is 0.577 bits per heavy atom. The molecule has 2 aromatic rings. The van der Waals surface area contributed by atoms with Crippen LogP contribution in [-0.4, -0.2) is 37.7 Å². The highest BCUT2D eigenvalue weighted by Crippen LogP contribution is 2.20. The summed E-state index contributed by atoms with van der Waals surface area (Å²) >= 11 is 0. The third-order valence-corrected chi connectivity index (χ3v) is 3.56. The summed E-state index contributed by atoms with van der Waals surface area (Å²) in [6, 6.07) is 15.6. The second-order valence-electron chi connectivity index (χ2n) is 5.12. The van der Waals surface area contributed by atoms with Gasteiger partial charge < -0.3 is 9.47 Å². The molecule has 0 radical (unpaired) electrons. The van der Waals surface area contributed by atoms with Gasteiger partial charge in [-0.3, -0.25) is 9.59 Å². The quantitative estimate of drug-likeness (QED) is 0.261. The van der Waals surface area contributed by atoms with E-state index in [0.29, 0.717) is 0 Å². The van der Waals surface area contributed by atoms with Gasteiger partial charge in [0.25, 0.3) is 0 Å². The molecule has 0 bridgehead atoms. The van der Waals surface area contributed by atoms with Crippen molar-refractivity contribution in [2.75, 3.05) is 14.2 Å². The van der Waals surface area contributed by atoms with Gasteiger partial charge in [-0.1, -0.05) is 60.7 Å². The van der Waals surface area contributed by atoms with E-state index in [0.717, 1.165) is 14.2 Å². The number of rotatable bonds is 6. The van der Waals surface area contributed by atoms with Crippen molar-refractivity contribution in [3.8, 4) is 0 Å². The molecule has 0 aliphatic heterocycles. The molecule has 2 aromatic carbocycles. The first kappa shape index (κ1) is 18.8. The fourth-order valence-corrected chi connectivity index (χ4v) is 2.29. The number of hydrogen-bond acceptors (Lipinski definition) is 6. The fourth-order valence-electron chi connectivity index (χ4n) is 2.29. The van der Waals surface area contributed by atoms with Crippen LogP contribution in [-0.2, 0) is 19.1 Å². The number of ether oxygens (including phenoxy) is 2. The summed E-state index contributed by atoms with van der Waals surface area (Å²) in [5.41, 5.74) is -1.07. The molecule has 0 amide bonds. The van der Waals surface area contributed by atoms with Gasteiger partial charge in [0.15, 0.2) is 0 Å². The Balaban J connectivity index is 2.71. The van der Waals surface area contributed by atoms with Gasteiger partial charge in [0.1, 0.15) is 11.1 Å². The number of esters is 2. The summed E-state index contributed by atoms with van der Waals surface area (Å²) in [7, 11) is 2.12. The Labute approximate surface area is 150 Å².